The van der Waals surface area contributed by atoms with Crippen LogP contribution in [0.3, 0.4) is 0 Å². The first-order valence-corrected chi connectivity index (χ1v) is 4.43. The van der Waals surface area contributed by atoms with Gasteiger partial charge in [-0.2, -0.15) is 0 Å². The second-order valence-electron chi connectivity index (χ2n) is 1.78. The van der Waals surface area contributed by atoms with Crippen molar-refractivity contribution in [3.63, 3.8) is 0 Å². The van der Waals surface area contributed by atoms with Crippen molar-refractivity contribution in [3.8, 4) is 0 Å². The predicted molar refractivity (Wildman–Crippen MR) is 34.8 cm³/mol. The summed E-state index contributed by atoms with van der Waals surface area (Å²) in [6, 6.07) is 0. The molecule has 0 aliphatic carbocycles. The maximum absolute atomic E-state index is 10.2. The Balaban J connectivity index is 3.43. The van der Waals surface area contributed by atoms with Crippen molar-refractivity contribution in [3.05, 3.63) is 0 Å². The van der Waals surface area contributed by atoms with Crippen molar-refractivity contribution in [2.45, 2.75) is 0 Å². The van der Waals surface area contributed by atoms with Gasteiger partial charge in [0, 0.05) is 0 Å². The fraction of sp³-hybridized carbons (Fsp3) is 0.667. The predicted octanol–water partition coefficient (Wildman–Crippen LogP) is -1.78. The summed E-state index contributed by atoms with van der Waals surface area (Å²) in [4.78, 5) is 26.7. The fourth-order valence-electron chi connectivity index (χ4n) is 0.355. The average molecular weight is 184 g/mol. The molecule has 8 heteroatoms. The van der Waals surface area contributed by atoms with Gasteiger partial charge < -0.3 is 9.79 Å². The summed E-state index contributed by atoms with van der Waals surface area (Å²) in [5, 5.41) is 10.1. The molecular weight excluding hydrogens is 175 g/mol. The van der Waals surface area contributed by atoms with Crippen molar-refractivity contribution in [2.75, 3.05) is 12.8 Å². The van der Waals surface area contributed by atoms with E-state index in [0.29, 0.717) is 0 Å². The number of nitrogens with one attached hydrogen (secondary N) is 2. The van der Waals surface area contributed by atoms with Gasteiger partial charge >= 0.3 is 7.60 Å². The molecular formula is C3H9N2O5P. The SMILES string of the molecule is O=C(CNCP(=O)(O)O)NO. The highest BCUT2D eigenvalue weighted by Crippen LogP contribution is 2.31. The Labute approximate surface area is 62.5 Å². The Morgan fingerprint density at radius 1 is 1.45 bits per heavy atom. The minimum atomic E-state index is -4.11. The van der Waals surface area contributed by atoms with Crippen LogP contribution in [0.4, 0.5) is 0 Å². The van der Waals surface area contributed by atoms with Crippen LogP contribution in [0, 0.1) is 0 Å². The highest BCUT2D eigenvalue weighted by atomic mass is 31.2. The van der Waals surface area contributed by atoms with E-state index in [9.17, 15) is 9.36 Å². The molecule has 0 aromatic rings. The molecule has 0 heterocycles. The van der Waals surface area contributed by atoms with Crippen molar-refractivity contribution >= 4 is 13.5 Å². The van der Waals surface area contributed by atoms with E-state index < -0.39 is 19.8 Å². The van der Waals surface area contributed by atoms with Crippen molar-refractivity contribution in [2.24, 2.45) is 0 Å². The number of amides is 1. The van der Waals surface area contributed by atoms with Crippen LogP contribution in [0.2, 0.25) is 0 Å². The minimum absolute atomic E-state index is 0.332. The van der Waals surface area contributed by atoms with Crippen LogP contribution in [-0.2, 0) is 9.36 Å². The number of hydrogen-bond donors (Lipinski definition) is 5. The zero-order chi connectivity index (χ0) is 8.91. The molecule has 66 valence electrons. The lowest BCUT2D eigenvalue weighted by Gasteiger charge is -2.03. The number of rotatable bonds is 4. The first kappa shape index (κ1) is 10.5. The van der Waals surface area contributed by atoms with Crippen LogP contribution < -0.4 is 10.8 Å². The van der Waals surface area contributed by atoms with Crippen LogP contribution in [0.1, 0.15) is 0 Å². The summed E-state index contributed by atoms with van der Waals surface area (Å²) in [5.41, 5.74) is 1.30. The highest BCUT2D eigenvalue weighted by molar-refractivity contribution is 7.51. The Morgan fingerprint density at radius 2 is 2.00 bits per heavy atom. The van der Waals surface area contributed by atoms with Gasteiger partial charge in [-0.05, 0) is 0 Å². The van der Waals surface area contributed by atoms with E-state index in [0.717, 1.165) is 0 Å². The van der Waals surface area contributed by atoms with Crippen LogP contribution in [0.25, 0.3) is 0 Å². The summed E-state index contributed by atoms with van der Waals surface area (Å²) < 4.78 is 10.1. The molecule has 0 aliphatic rings. The summed E-state index contributed by atoms with van der Waals surface area (Å²) in [5.74, 6) is -0.751. The molecule has 0 spiro atoms. The summed E-state index contributed by atoms with van der Waals surface area (Å²) in [6.45, 7) is -0.332. The van der Waals surface area contributed by atoms with Gasteiger partial charge in [0.15, 0.2) is 0 Å². The van der Waals surface area contributed by atoms with E-state index in [1.165, 1.54) is 5.48 Å². The first-order valence-electron chi connectivity index (χ1n) is 2.64. The number of carbonyl (C=O) groups is 1. The second-order valence-corrected chi connectivity index (χ2v) is 3.43. The van der Waals surface area contributed by atoms with Crippen molar-refractivity contribution in [1.29, 1.82) is 0 Å². The Kier molecular flexibility index (Phi) is 4.24. The van der Waals surface area contributed by atoms with Gasteiger partial charge in [-0.15, -0.1) is 0 Å². The normalized spacial score (nSPS) is 11.2. The topological polar surface area (TPSA) is 119 Å². The van der Waals surface area contributed by atoms with Crippen molar-refractivity contribution < 1.29 is 24.4 Å². The van der Waals surface area contributed by atoms with E-state index in [1.807, 2.05) is 0 Å². The lowest BCUT2D eigenvalue weighted by atomic mass is 10.6. The maximum Gasteiger partial charge on any atom is 0.339 e. The van der Waals surface area contributed by atoms with Crippen LogP contribution in [-0.4, -0.2) is 33.7 Å². The molecule has 0 saturated carbocycles. The lowest BCUT2D eigenvalue weighted by Crippen LogP contribution is -2.32. The number of carbonyl (C=O) groups excluding carboxylic acids is 1. The summed E-state index contributed by atoms with van der Waals surface area (Å²) in [7, 11) is -4.11. The van der Waals surface area contributed by atoms with Crippen LogP contribution in [0.5, 0.6) is 0 Å². The molecule has 1 amide bonds. The smallest absolute Gasteiger partial charge is 0.324 e. The molecule has 0 radical (unpaired) electrons. The van der Waals surface area contributed by atoms with E-state index in [2.05, 4.69) is 5.32 Å². The highest BCUT2D eigenvalue weighted by Gasteiger charge is 2.11. The molecule has 0 aromatic carbocycles. The maximum atomic E-state index is 10.2. The standard InChI is InChI=1S/C3H9N2O5P/c6-3(5-7)1-4-2-11(8,9)10/h4,7H,1-2H2,(H,5,6)(H2,8,9,10). The molecule has 0 saturated heterocycles. The second kappa shape index (κ2) is 4.42. The van der Waals surface area contributed by atoms with Crippen LogP contribution in [0.15, 0.2) is 0 Å². The molecule has 5 N–H and O–H groups in total. The Bertz CT molecular complexity index is 177. The van der Waals surface area contributed by atoms with E-state index >= 15 is 0 Å². The number of hydroxylamine groups is 1. The fourth-order valence-corrected chi connectivity index (χ4v) is 0.758. The van der Waals surface area contributed by atoms with Crippen molar-refractivity contribution in [1.82, 2.24) is 10.8 Å². The third kappa shape index (κ3) is 7.44. The molecule has 0 bridgehead atoms. The largest absolute Gasteiger partial charge is 0.339 e. The first-order chi connectivity index (χ1) is 4.95. The molecule has 0 aliphatic heterocycles. The monoisotopic (exact) mass is 184 g/mol. The van der Waals surface area contributed by atoms with Gasteiger partial charge in [0.1, 0.15) is 0 Å². The molecule has 0 unspecified atom stereocenters. The Morgan fingerprint density at radius 3 is 2.36 bits per heavy atom. The summed E-state index contributed by atoms with van der Waals surface area (Å²) in [6.07, 6.45) is -0.583. The van der Waals surface area contributed by atoms with Gasteiger partial charge in [0.25, 0.3) is 5.91 Å². The summed E-state index contributed by atoms with van der Waals surface area (Å²) >= 11 is 0. The Hall–Kier alpha value is -0.460. The van der Waals surface area contributed by atoms with Gasteiger partial charge in [0.2, 0.25) is 0 Å². The van der Waals surface area contributed by atoms with Crippen LogP contribution >= 0.6 is 7.60 Å². The van der Waals surface area contributed by atoms with E-state index in [1.54, 1.807) is 0 Å². The quantitative estimate of drug-likeness (QED) is 0.200. The zero-order valence-corrected chi connectivity index (χ0v) is 6.41. The molecule has 11 heavy (non-hydrogen) atoms. The average Bonchev–Trinajstić information content (AvgIpc) is 1.85. The molecule has 7 nitrogen and oxygen atoms in total. The minimum Gasteiger partial charge on any atom is -0.324 e. The molecule has 0 atom stereocenters. The lowest BCUT2D eigenvalue weighted by molar-refractivity contribution is -0.128. The van der Waals surface area contributed by atoms with Gasteiger partial charge in [-0.1, -0.05) is 0 Å². The third-order valence-electron chi connectivity index (χ3n) is 0.728. The van der Waals surface area contributed by atoms with Gasteiger partial charge in [0.05, 0.1) is 12.8 Å². The zero-order valence-electron chi connectivity index (χ0n) is 5.52. The molecule has 0 aromatic heterocycles. The van der Waals surface area contributed by atoms with Gasteiger partial charge in [-0.25, -0.2) is 5.48 Å². The number of hydrogen-bond acceptors (Lipinski definition) is 4. The molecule has 0 fully saturated rings. The van der Waals surface area contributed by atoms with E-state index in [4.69, 9.17) is 15.0 Å². The van der Waals surface area contributed by atoms with Gasteiger partial charge in [-0.3, -0.25) is 19.9 Å². The third-order valence-corrected chi connectivity index (χ3v) is 1.36. The van der Waals surface area contributed by atoms with E-state index in [-0.39, 0.29) is 6.54 Å². The molecule has 0 rings (SSSR count).